The molecule has 6 nitrogen and oxygen atoms in total. The van der Waals surface area contributed by atoms with E-state index >= 15 is 0 Å². The molecule has 0 bridgehead atoms. The summed E-state index contributed by atoms with van der Waals surface area (Å²) in [7, 11) is 0. The van der Waals surface area contributed by atoms with Gasteiger partial charge in [0.15, 0.2) is 11.9 Å². The van der Waals surface area contributed by atoms with Crippen molar-refractivity contribution in [2.75, 3.05) is 13.2 Å². The molecule has 0 aromatic heterocycles. The zero-order valence-corrected chi connectivity index (χ0v) is 9.05. The van der Waals surface area contributed by atoms with E-state index in [1.807, 2.05) is 6.92 Å². The van der Waals surface area contributed by atoms with Gasteiger partial charge in [-0.1, -0.05) is 13.3 Å². The quantitative estimate of drug-likeness (QED) is 0.435. The summed E-state index contributed by atoms with van der Waals surface area (Å²) in [5, 5.41) is 27.5. The molecule has 1 heterocycles. The SMILES string of the molecule is CCCCOC1=C(O)[C@@H]([C@@H](O)CO)OC1=O. The fourth-order valence-corrected chi connectivity index (χ4v) is 1.27. The minimum atomic E-state index is -1.34. The molecule has 0 saturated heterocycles. The Kier molecular flexibility index (Phi) is 4.57. The summed E-state index contributed by atoms with van der Waals surface area (Å²) in [5.41, 5.74) is 0. The van der Waals surface area contributed by atoms with Gasteiger partial charge in [-0.2, -0.15) is 0 Å². The lowest BCUT2D eigenvalue weighted by molar-refractivity contribution is -0.148. The van der Waals surface area contributed by atoms with Gasteiger partial charge in [0.2, 0.25) is 5.76 Å². The number of hydrogen-bond acceptors (Lipinski definition) is 6. The number of aliphatic hydroxyl groups excluding tert-OH is 3. The summed E-state index contributed by atoms with van der Waals surface area (Å²) < 4.78 is 9.73. The van der Waals surface area contributed by atoms with Crippen LogP contribution in [0.3, 0.4) is 0 Å². The van der Waals surface area contributed by atoms with E-state index in [-0.39, 0.29) is 5.76 Å². The van der Waals surface area contributed by atoms with Gasteiger partial charge in [0, 0.05) is 0 Å². The number of ether oxygens (including phenoxy) is 2. The summed E-state index contributed by atoms with van der Waals surface area (Å²) in [6, 6.07) is 0. The van der Waals surface area contributed by atoms with Gasteiger partial charge in [0.25, 0.3) is 0 Å². The van der Waals surface area contributed by atoms with Crippen molar-refractivity contribution in [3.63, 3.8) is 0 Å². The number of esters is 1. The molecule has 3 N–H and O–H groups in total. The number of carbonyl (C=O) groups excluding carboxylic acids is 1. The standard InChI is InChI=1S/C10H16O6/c1-2-3-4-15-9-7(13)8(6(12)5-11)16-10(9)14/h6,8,11-13H,2-5H2,1H3/t6-,8+/m0/s1. The second kappa shape index (κ2) is 5.72. The first kappa shape index (κ1) is 12.8. The Hall–Kier alpha value is -1.27. The van der Waals surface area contributed by atoms with Crippen molar-refractivity contribution in [1.82, 2.24) is 0 Å². The molecule has 0 spiro atoms. The van der Waals surface area contributed by atoms with Gasteiger partial charge in [-0.25, -0.2) is 4.79 Å². The molecule has 0 aromatic carbocycles. The van der Waals surface area contributed by atoms with Gasteiger partial charge in [0.1, 0.15) is 6.10 Å². The molecular weight excluding hydrogens is 216 g/mol. The predicted octanol–water partition coefficient (Wildman–Crippen LogP) is -0.149. The molecule has 0 amide bonds. The molecule has 92 valence electrons. The molecule has 16 heavy (non-hydrogen) atoms. The number of rotatable bonds is 6. The predicted molar refractivity (Wildman–Crippen MR) is 53.5 cm³/mol. The summed E-state index contributed by atoms with van der Waals surface area (Å²) in [4.78, 5) is 11.3. The van der Waals surface area contributed by atoms with Crippen LogP contribution in [-0.4, -0.2) is 46.7 Å². The third kappa shape index (κ3) is 2.65. The Morgan fingerprint density at radius 1 is 1.56 bits per heavy atom. The Balaban J connectivity index is 2.65. The molecule has 0 aliphatic carbocycles. The van der Waals surface area contributed by atoms with Gasteiger partial charge >= 0.3 is 5.97 Å². The maximum absolute atomic E-state index is 11.3. The first-order chi connectivity index (χ1) is 7.61. The summed E-state index contributed by atoms with van der Waals surface area (Å²) >= 11 is 0. The lowest BCUT2D eigenvalue weighted by Gasteiger charge is -2.13. The van der Waals surface area contributed by atoms with Crippen LogP contribution in [0.5, 0.6) is 0 Å². The van der Waals surface area contributed by atoms with Gasteiger partial charge in [-0.05, 0) is 6.42 Å². The van der Waals surface area contributed by atoms with E-state index in [2.05, 4.69) is 4.74 Å². The van der Waals surface area contributed by atoms with Crippen LogP contribution in [0.4, 0.5) is 0 Å². The second-order valence-electron chi connectivity index (χ2n) is 3.49. The fraction of sp³-hybridized carbons (Fsp3) is 0.700. The van der Waals surface area contributed by atoms with E-state index in [1.54, 1.807) is 0 Å². The number of cyclic esters (lactones) is 1. The van der Waals surface area contributed by atoms with Crippen molar-refractivity contribution in [3.8, 4) is 0 Å². The van der Waals surface area contributed by atoms with Crippen molar-refractivity contribution in [2.45, 2.75) is 32.0 Å². The topological polar surface area (TPSA) is 96.2 Å². The van der Waals surface area contributed by atoms with E-state index in [0.29, 0.717) is 6.61 Å². The van der Waals surface area contributed by atoms with Gasteiger partial charge in [-0.15, -0.1) is 0 Å². The lowest BCUT2D eigenvalue weighted by Crippen LogP contribution is -2.31. The maximum Gasteiger partial charge on any atom is 0.378 e. The zero-order chi connectivity index (χ0) is 12.1. The largest absolute Gasteiger partial charge is 0.505 e. The average molecular weight is 232 g/mol. The number of aliphatic hydroxyl groups is 3. The van der Waals surface area contributed by atoms with Crippen LogP contribution >= 0.6 is 0 Å². The van der Waals surface area contributed by atoms with E-state index in [4.69, 9.17) is 9.84 Å². The molecule has 0 aromatic rings. The molecule has 0 saturated carbocycles. The normalized spacial score (nSPS) is 22.2. The average Bonchev–Trinajstić information content (AvgIpc) is 2.56. The molecule has 0 radical (unpaired) electrons. The highest BCUT2D eigenvalue weighted by molar-refractivity contribution is 5.89. The molecule has 6 heteroatoms. The Morgan fingerprint density at radius 2 is 2.25 bits per heavy atom. The van der Waals surface area contributed by atoms with E-state index in [0.717, 1.165) is 12.8 Å². The fourth-order valence-electron chi connectivity index (χ4n) is 1.27. The van der Waals surface area contributed by atoms with Crippen LogP contribution in [0.25, 0.3) is 0 Å². The minimum Gasteiger partial charge on any atom is -0.505 e. The van der Waals surface area contributed by atoms with Gasteiger partial charge < -0.3 is 24.8 Å². The van der Waals surface area contributed by atoms with E-state index < -0.39 is 30.5 Å². The van der Waals surface area contributed by atoms with Crippen molar-refractivity contribution in [3.05, 3.63) is 11.5 Å². The first-order valence-corrected chi connectivity index (χ1v) is 5.17. The summed E-state index contributed by atoms with van der Waals surface area (Å²) in [6.45, 7) is 1.65. The molecule has 0 fully saturated rings. The van der Waals surface area contributed by atoms with Crippen LogP contribution in [-0.2, 0) is 14.3 Å². The summed E-state index contributed by atoms with van der Waals surface area (Å²) in [6.07, 6.45) is -0.923. The second-order valence-corrected chi connectivity index (χ2v) is 3.49. The zero-order valence-electron chi connectivity index (χ0n) is 9.05. The Labute approximate surface area is 93.1 Å². The third-order valence-electron chi connectivity index (χ3n) is 2.20. The first-order valence-electron chi connectivity index (χ1n) is 5.17. The van der Waals surface area contributed by atoms with Crippen molar-refractivity contribution in [2.24, 2.45) is 0 Å². The third-order valence-corrected chi connectivity index (χ3v) is 2.20. The molecule has 0 unspecified atom stereocenters. The molecule has 1 aliphatic rings. The highest BCUT2D eigenvalue weighted by atomic mass is 16.6. The highest BCUT2D eigenvalue weighted by Crippen LogP contribution is 2.24. The molecular formula is C10H16O6. The monoisotopic (exact) mass is 232 g/mol. The number of hydrogen-bond donors (Lipinski definition) is 3. The van der Waals surface area contributed by atoms with Crippen LogP contribution in [0, 0.1) is 0 Å². The van der Waals surface area contributed by atoms with Crippen molar-refractivity contribution >= 4 is 5.97 Å². The van der Waals surface area contributed by atoms with Crippen LogP contribution < -0.4 is 0 Å². The molecule has 1 rings (SSSR count). The maximum atomic E-state index is 11.3. The van der Waals surface area contributed by atoms with Crippen molar-refractivity contribution in [1.29, 1.82) is 0 Å². The minimum absolute atomic E-state index is 0.272. The van der Waals surface area contributed by atoms with E-state index in [9.17, 15) is 15.0 Å². The van der Waals surface area contributed by atoms with Gasteiger partial charge in [0.05, 0.1) is 13.2 Å². The van der Waals surface area contributed by atoms with E-state index in [1.165, 1.54) is 0 Å². The Bertz CT molecular complexity index is 285. The van der Waals surface area contributed by atoms with Crippen LogP contribution in [0.15, 0.2) is 11.5 Å². The molecule has 1 aliphatic heterocycles. The smallest absolute Gasteiger partial charge is 0.378 e. The summed E-state index contributed by atoms with van der Waals surface area (Å²) in [5.74, 6) is -1.54. The van der Waals surface area contributed by atoms with Crippen LogP contribution in [0.1, 0.15) is 19.8 Å². The molecule has 2 atom stereocenters. The van der Waals surface area contributed by atoms with Gasteiger partial charge in [-0.3, -0.25) is 0 Å². The lowest BCUT2D eigenvalue weighted by atomic mass is 10.2. The number of unbranched alkanes of at least 4 members (excludes halogenated alkanes) is 1. The number of carbonyl (C=O) groups is 1. The van der Waals surface area contributed by atoms with Crippen LogP contribution in [0.2, 0.25) is 0 Å². The Morgan fingerprint density at radius 3 is 2.81 bits per heavy atom. The van der Waals surface area contributed by atoms with Crippen molar-refractivity contribution < 1.29 is 29.6 Å². The highest BCUT2D eigenvalue weighted by Gasteiger charge is 2.40.